The first-order valence-corrected chi connectivity index (χ1v) is 9.11. The van der Waals surface area contributed by atoms with Crippen LogP contribution >= 0.6 is 0 Å². The lowest BCUT2D eigenvalue weighted by Crippen LogP contribution is -2.23. The Kier molecular flexibility index (Phi) is 4.71. The van der Waals surface area contributed by atoms with E-state index in [1.54, 1.807) is 24.3 Å². The van der Waals surface area contributed by atoms with Crippen LogP contribution in [0.15, 0.2) is 60.7 Å². The monoisotopic (exact) mass is 401 g/mol. The molecule has 0 atom stereocenters. The molecular formula is C23H15NO6. The van der Waals surface area contributed by atoms with Gasteiger partial charge in [-0.1, -0.05) is 48.5 Å². The zero-order valence-corrected chi connectivity index (χ0v) is 15.9. The average molecular weight is 401 g/mol. The van der Waals surface area contributed by atoms with Crippen molar-refractivity contribution in [3.63, 3.8) is 0 Å². The molecule has 3 aromatic carbocycles. The number of esters is 1. The van der Waals surface area contributed by atoms with Crippen LogP contribution in [-0.4, -0.2) is 22.5 Å². The third-order valence-electron chi connectivity index (χ3n) is 5.09. The summed E-state index contributed by atoms with van der Waals surface area (Å²) in [5, 5.41) is 11.8. The fourth-order valence-electron chi connectivity index (χ4n) is 3.52. The van der Waals surface area contributed by atoms with Gasteiger partial charge in [-0.05, 0) is 30.2 Å². The number of benzene rings is 3. The van der Waals surface area contributed by atoms with Gasteiger partial charge in [-0.25, -0.2) is 4.79 Å². The van der Waals surface area contributed by atoms with Crippen molar-refractivity contribution in [1.82, 2.24) is 0 Å². The molecule has 30 heavy (non-hydrogen) atoms. The normalized spacial score (nSPS) is 12.2. The van der Waals surface area contributed by atoms with Gasteiger partial charge < -0.3 is 4.74 Å². The highest BCUT2D eigenvalue weighted by molar-refractivity contribution is 6.30. The molecule has 0 aromatic heterocycles. The second-order valence-electron chi connectivity index (χ2n) is 6.85. The Morgan fingerprint density at radius 3 is 2.20 bits per heavy atom. The van der Waals surface area contributed by atoms with Crippen molar-refractivity contribution in [1.29, 1.82) is 0 Å². The summed E-state index contributed by atoms with van der Waals surface area (Å²) in [6.45, 7) is 1.78. The van der Waals surface area contributed by atoms with E-state index >= 15 is 0 Å². The number of nitro groups is 1. The van der Waals surface area contributed by atoms with E-state index in [1.807, 2.05) is 19.1 Å². The number of ether oxygens (including phenoxy) is 1. The SMILES string of the molecule is Cc1ccccc1COC(=O)c1ccc2c(c1[N+](=O)[O-])C(=O)c1ccccc1C2=O. The van der Waals surface area contributed by atoms with Crippen LogP contribution in [0.4, 0.5) is 5.69 Å². The van der Waals surface area contributed by atoms with Crippen LogP contribution in [0.1, 0.15) is 53.3 Å². The Morgan fingerprint density at radius 2 is 1.53 bits per heavy atom. The highest BCUT2D eigenvalue weighted by Gasteiger charge is 2.38. The fraction of sp³-hybridized carbons (Fsp3) is 0.0870. The number of fused-ring (bicyclic) bond motifs is 2. The van der Waals surface area contributed by atoms with Crippen molar-refractivity contribution in [3.8, 4) is 0 Å². The summed E-state index contributed by atoms with van der Waals surface area (Å²) in [7, 11) is 0. The van der Waals surface area contributed by atoms with Gasteiger partial charge in [0.2, 0.25) is 5.78 Å². The van der Waals surface area contributed by atoms with Gasteiger partial charge >= 0.3 is 5.97 Å². The summed E-state index contributed by atoms with van der Waals surface area (Å²) >= 11 is 0. The smallest absolute Gasteiger partial charge is 0.345 e. The van der Waals surface area contributed by atoms with Gasteiger partial charge in [0, 0.05) is 16.7 Å². The molecular weight excluding hydrogens is 386 g/mol. The van der Waals surface area contributed by atoms with Crippen LogP contribution < -0.4 is 0 Å². The molecule has 0 unspecified atom stereocenters. The summed E-state index contributed by atoms with van der Waals surface area (Å²) in [4.78, 5) is 49.4. The lowest BCUT2D eigenvalue weighted by Gasteiger charge is -2.18. The highest BCUT2D eigenvalue weighted by atomic mass is 16.6. The number of aryl methyl sites for hydroxylation is 1. The van der Waals surface area contributed by atoms with Gasteiger partial charge in [0.1, 0.15) is 17.7 Å². The van der Waals surface area contributed by atoms with Crippen molar-refractivity contribution >= 4 is 23.2 Å². The van der Waals surface area contributed by atoms with Gasteiger partial charge in [0.05, 0.1) is 4.92 Å². The Labute approximate surface area is 171 Å². The molecule has 1 aliphatic rings. The van der Waals surface area contributed by atoms with Crippen molar-refractivity contribution in [2.24, 2.45) is 0 Å². The predicted molar refractivity (Wildman–Crippen MR) is 107 cm³/mol. The van der Waals surface area contributed by atoms with E-state index in [4.69, 9.17) is 4.74 Å². The number of hydrogen-bond acceptors (Lipinski definition) is 6. The molecule has 0 saturated heterocycles. The van der Waals surface area contributed by atoms with E-state index in [9.17, 15) is 24.5 Å². The molecule has 0 heterocycles. The van der Waals surface area contributed by atoms with Gasteiger partial charge in [-0.15, -0.1) is 0 Å². The van der Waals surface area contributed by atoms with Crippen molar-refractivity contribution in [2.45, 2.75) is 13.5 Å². The average Bonchev–Trinajstić information content (AvgIpc) is 2.75. The molecule has 0 fully saturated rings. The molecule has 0 bridgehead atoms. The minimum absolute atomic E-state index is 0.0727. The highest BCUT2D eigenvalue weighted by Crippen LogP contribution is 2.35. The standard InChI is InChI=1S/C23H15NO6/c1-13-6-2-3-7-14(13)12-30-23(27)18-11-10-17-19(20(18)24(28)29)22(26)16-9-5-4-8-15(16)21(17)25/h2-11H,12H2,1H3. The summed E-state index contributed by atoms with van der Waals surface area (Å²) < 4.78 is 5.27. The van der Waals surface area contributed by atoms with Crippen LogP contribution in [0.3, 0.4) is 0 Å². The van der Waals surface area contributed by atoms with E-state index in [-0.39, 0.29) is 34.4 Å². The third-order valence-corrected chi connectivity index (χ3v) is 5.09. The van der Waals surface area contributed by atoms with E-state index in [0.717, 1.165) is 17.2 Å². The zero-order chi connectivity index (χ0) is 21.4. The maximum absolute atomic E-state index is 13.0. The maximum Gasteiger partial charge on any atom is 0.345 e. The fourth-order valence-corrected chi connectivity index (χ4v) is 3.52. The van der Waals surface area contributed by atoms with Gasteiger partial charge in [-0.2, -0.15) is 0 Å². The van der Waals surface area contributed by atoms with E-state index < -0.39 is 28.1 Å². The van der Waals surface area contributed by atoms with Crippen LogP contribution in [0.25, 0.3) is 0 Å². The molecule has 7 heteroatoms. The number of rotatable bonds is 4. The van der Waals surface area contributed by atoms with Crippen molar-refractivity contribution in [3.05, 3.63) is 110 Å². The molecule has 3 aromatic rings. The first-order valence-electron chi connectivity index (χ1n) is 9.11. The van der Waals surface area contributed by atoms with Gasteiger partial charge in [0.25, 0.3) is 5.69 Å². The number of carbonyl (C=O) groups is 3. The largest absolute Gasteiger partial charge is 0.457 e. The third kappa shape index (κ3) is 3.06. The summed E-state index contributed by atoms with van der Waals surface area (Å²) in [6, 6.07) is 15.8. The van der Waals surface area contributed by atoms with Crippen LogP contribution in [0.5, 0.6) is 0 Å². The van der Waals surface area contributed by atoms with Crippen LogP contribution in [-0.2, 0) is 11.3 Å². The molecule has 4 rings (SSSR count). The zero-order valence-electron chi connectivity index (χ0n) is 15.9. The Bertz CT molecular complexity index is 1240. The molecule has 0 aliphatic heterocycles. The van der Waals surface area contributed by atoms with E-state index in [0.29, 0.717) is 0 Å². The molecule has 148 valence electrons. The minimum atomic E-state index is -0.938. The number of nitro benzene ring substituents is 1. The summed E-state index contributed by atoms with van der Waals surface area (Å²) in [5.74, 6) is -2.10. The minimum Gasteiger partial charge on any atom is -0.457 e. The van der Waals surface area contributed by atoms with Crippen LogP contribution in [0, 0.1) is 17.0 Å². The van der Waals surface area contributed by atoms with Gasteiger partial charge in [-0.3, -0.25) is 19.7 Å². The van der Waals surface area contributed by atoms with E-state index in [1.165, 1.54) is 18.2 Å². The Balaban J connectivity index is 1.77. The number of hydrogen-bond donors (Lipinski definition) is 0. The molecule has 0 saturated carbocycles. The maximum atomic E-state index is 13.0. The van der Waals surface area contributed by atoms with Crippen LogP contribution in [0.2, 0.25) is 0 Å². The Morgan fingerprint density at radius 1 is 0.900 bits per heavy atom. The van der Waals surface area contributed by atoms with Gasteiger partial charge in [0.15, 0.2) is 5.78 Å². The first-order chi connectivity index (χ1) is 14.4. The molecule has 0 amide bonds. The lowest BCUT2D eigenvalue weighted by molar-refractivity contribution is -0.385. The quantitative estimate of drug-likeness (QED) is 0.290. The topological polar surface area (TPSA) is 104 Å². The second kappa shape index (κ2) is 7.36. The molecule has 7 nitrogen and oxygen atoms in total. The summed E-state index contributed by atoms with van der Waals surface area (Å²) in [5.41, 5.74) is 0.356. The molecule has 0 N–H and O–H groups in total. The molecule has 1 aliphatic carbocycles. The molecule has 0 spiro atoms. The summed E-state index contributed by atoms with van der Waals surface area (Å²) in [6.07, 6.45) is 0. The van der Waals surface area contributed by atoms with Crippen molar-refractivity contribution < 1.29 is 24.0 Å². The Hall–Kier alpha value is -4.13. The number of carbonyl (C=O) groups excluding carboxylic acids is 3. The predicted octanol–water partition coefficient (Wildman–Crippen LogP) is 4.04. The van der Waals surface area contributed by atoms with Crippen molar-refractivity contribution in [2.75, 3.05) is 0 Å². The number of nitrogens with zero attached hydrogens (tertiary/aromatic N) is 1. The lowest BCUT2D eigenvalue weighted by atomic mass is 9.82. The van der Waals surface area contributed by atoms with E-state index in [2.05, 4.69) is 0 Å². The second-order valence-corrected chi connectivity index (χ2v) is 6.85. The number of ketones is 2. The molecule has 0 radical (unpaired) electrons. The first kappa shape index (κ1) is 19.2.